The van der Waals surface area contributed by atoms with Crippen LogP contribution < -0.4 is 0 Å². The van der Waals surface area contributed by atoms with E-state index in [0.717, 1.165) is 18.4 Å². The van der Waals surface area contributed by atoms with Gasteiger partial charge in [0.25, 0.3) is 0 Å². The Morgan fingerprint density at radius 2 is 1.94 bits per heavy atom. The van der Waals surface area contributed by atoms with Gasteiger partial charge in [0.15, 0.2) is 0 Å². The summed E-state index contributed by atoms with van der Waals surface area (Å²) in [5, 5.41) is 0. The molecule has 4 aliphatic rings. The molecule has 0 radical (unpaired) electrons. The topological polar surface area (TPSA) is 88.1 Å². The first-order valence-corrected chi connectivity index (χ1v) is 12.4. The van der Waals surface area contributed by atoms with E-state index in [1.165, 1.54) is 6.92 Å². The van der Waals surface area contributed by atoms with Crippen LogP contribution in [0.3, 0.4) is 0 Å². The molecule has 1 aliphatic carbocycles. The largest absolute Gasteiger partial charge is 0.459 e. The molecule has 184 valence electrons. The van der Waals surface area contributed by atoms with Crippen LogP contribution in [0.2, 0.25) is 0 Å². The molecule has 0 amide bonds. The predicted octanol–water partition coefficient (Wildman–Crippen LogP) is 4.12. The van der Waals surface area contributed by atoms with Crippen LogP contribution in [-0.2, 0) is 33.3 Å². The van der Waals surface area contributed by atoms with Crippen LogP contribution in [0.4, 0.5) is 0 Å². The van der Waals surface area contributed by atoms with Crippen LogP contribution in [0.1, 0.15) is 79.6 Å². The Labute approximate surface area is 196 Å². The molecule has 4 fully saturated rings. The van der Waals surface area contributed by atoms with Crippen molar-refractivity contribution in [2.45, 2.75) is 109 Å². The van der Waals surface area contributed by atoms with Crippen molar-refractivity contribution in [3.63, 3.8) is 0 Å². The molecule has 2 bridgehead atoms. The van der Waals surface area contributed by atoms with Crippen molar-refractivity contribution >= 4 is 17.9 Å². The molecule has 1 saturated carbocycles. The molecule has 3 saturated heterocycles. The van der Waals surface area contributed by atoms with E-state index in [2.05, 4.69) is 6.58 Å². The zero-order valence-corrected chi connectivity index (χ0v) is 20.6. The molecule has 0 aromatic carbocycles. The van der Waals surface area contributed by atoms with Crippen LogP contribution >= 0.6 is 0 Å². The predicted molar refractivity (Wildman–Crippen MR) is 120 cm³/mol. The molecule has 0 unspecified atom stereocenters. The number of fused-ring (bicyclic) bond motifs is 2. The molecule has 7 heteroatoms. The van der Waals surface area contributed by atoms with E-state index >= 15 is 0 Å². The van der Waals surface area contributed by atoms with Crippen LogP contribution in [0.15, 0.2) is 12.2 Å². The monoisotopic (exact) mass is 462 g/mol. The maximum atomic E-state index is 13.1. The molecular weight excluding hydrogens is 424 g/mol. The third-order valence-electron chi connectivity index (χ3n) is 8.54. The molecule has 7 nitrogen and oxygen atoms in total. The molecule has 0 aromatic rings. The van der Waals surface area contributed by atoms with Crippen molar-refractivity contribution in [3.05, 3.63) is 12.2 Å². The van der Waals surface area contributed by atoms with Crippen LogP contribution in [0.5, 0.6) is 0 Å². The van der Waals surface area contributed by atoms with E-state index < -0.39 is 17.3 Å². The third kappa shape index (κ3) is 4.22. The fourth-order valence-electron chi connectivity index (χ4n) is 6.95. The number of hydrogen-bond acceptors (Lipinski definition) is 7. The quantitative estimate of drug-likeness (QED) is 0.353. The Balaban J connectivity index is 1.78. The molecule has 4 rings (SSSR count). The SMILES string of the molecule is C=C1C[C@@H]2O[C@H]3[C@H]4[C@@H](CC[C@@](C)(OC(=O)CCC)[C@H]42)[C@H](C)C(=O)O[C@@]3(C)CC[C@H]1OC(C)=O. The highest BCUT2D eigenvalue weighted by Crippen LogP contribution is 2.59. The average Bonchev–Trinajstić information content (AvgIpc) is 3.09. The highest BCUT2D eigenvalue weighted by molar-refractivity contribution is 5.74. The van der Waals surface area contributed by atoms with Gasteiger partial charge in [-0.05, 0) is 63.9 Å². The van der Waals surface area contributed by atoms with Gasteiger partial charge in [-0.3, -0.25) is 14.4 Å². The minimum absolute atomic E-state index is 0.0349. The smallest absolute Gasteiger partial charge is 0.309 e. The van der Waals surface area contributed by atoms with Gasteiger partial charge in [0.05, 0.1) is 12.0 Å². The van der Waals surface area contributed by atoms with Gasteiger partial charge in [0.2, 0.25) is 0 Å². The molecule has 0 N–H and O–H groups in total. The molecule has 9 atom stereocenters. The first-order chi connectivity index (χ1) is 15.5. The normalized spacial score (nSPS) is 44.6. The lowest BCUT2D eigenvalue weighted by molar-refractivity contribution is -0.181. The van der Waals surface area contributed by atoms with E-state index in [-0.39, 0.29) is 53.8 Å². The standard InChI is InChI=1S/C26H38O7/c1-7-8-20(28)32-25(5)11-9-17-15(3)24(29)33-26(6)12-10-18(30-16(4)27)14(2)13-19-22(25)21(17)23(26)31-19/h15,17-19,21-23H,2,7-13H2,1,3-6H3/t15-,17-,18+,19-,21-,22-,23-,25+,26-/m0/s1. The fourth-order valence-corrected chi connectivity index (χ4v) is 6.95. The molecule has 3 aliphatic heterocycles. The highest BCUT2D eigenvalue weighted by Gasteiger charge is 2.66. The lowest BCUT2D eigenvalue weighted by Gasteiger charge is -2.49. The van der Waals surface area contributed by atoms with E-state index in [4.69, 9.17) is 18.9 Å². The Hall–Kier alpha value is -1.89. The maximum absolute atomic E-state index is 13.1. The minimum Gasteiger partial charge on any atom is -0.459 e. The second-order valence-corrected chi connectivity index (χ2v) is 11.0. The summed E-state index contributed by atoms with van der Waals surface area (Å²) in [6.07, 6.45) is 3.08. The minimum atomic E-state index is -0.855. The van der Waals surface area contributed by atoms with Gasteiger partial charge < -0.3 is 18.9 Å². The summed E-state index contributed by atoms with van der Waals surface area (Å²) in [5.41, 5.74) is -0.759. The van der Waals surface area contributed by atoms with E-state index in [9.17, 15) is 14.4 Å². The number of ether oxygens (including phenoxy) is 4. The third-order valence-corrected chi connectivity index (χ3v) is 8.54. The van der Waals surface area contributed by atoms with Gasteiger partial charge in [-0.15, -0.1) is 0 Å². The summed E-state index contributed by atoms with van der Waals surface area (Å²) in [5.74, 6) is -0.968. The van der Waals surface area contributed by atoms with Crippen LogP contribution in [-0.4, -0.2) is 47.4 Å². The van der Waals surface area contributed by atoms with Crippen molar-refractivity contribution in [1.29, 1.82) is 0 Å². The highest BCUT2D eigenvalue weighted by atomic mass is 16.6. The summed E-state index contributed by atoms with van der Waals surface area (Å²) < 4.78 is 24.6. The molecule has 0 aromatic heterocycles. The lowest BCUT2D eigenvalue weighted by atomic mass is 9.58. The average molecular weight is 463 g/mol. The lowest BCUT2D eigenvalue weighted by Crippen LogP contribution is -2.55. The van der Waals surface area contributed by atoms with Crippen molar-refractivity contribution in [3.8, 4) is 0 Å². The second kappa shape index (κ2) is 8.71. The zero-order chi connectivity index (χ0) is 24.1. The number of carbonyl (C=O) groups excluding carboxylic acids is 3. The summed E-state index contributed by atoms with van der Waals surface area (Å²) in [6, 6.07) is 0. The van der Waals surface area contributed by atoms with Crippen molar-refractivity contribution in [2.24, 2.45) is 23.7 Å². The Bertz CT molecular complexity index is 836. The van der Waals surface area contributed by atoms with Crippen molar-refractivity contribution in [2.75, 3.05) is 0 Å². The van der Waals surface area contributed by atoms with Crippen molar-refractivity contribution in [1.82, 2.24) is 0 Å². The first kappa shape index (κ1) is 24.2. The van der Waals surface area contributed by atoms with Gasteiger partial charge in [-0.25, -0.2) is 0 Å². The van der Waals surface area contributed by atoms with E-state index in [1.807, 2.05) is 27.7 Å². The number of esters is 3. The van der Waals surface area contributed by atoms with Crippen LogP contribution in [0.25, 0.3) is 0 Å². The fraction of sp³-hybridized carbons (Fsp3) is 0.808. The van der Waals surface area contributed by atoms with Crippen molar-refractivity contribution < 1.29 is 33.3 Å². The molecule has 0 spiro atoms. The van der Waals surface area contributed by atoms with Gasteiger partial charge in [0, 0.05) is 25.2 Å². The number of carbonyl (C=O) groups is 3. The number of hydrogen-bond donors (Lipinski definition) is 0. The molecule has 3 heterocycles. The number of rotatable bonds is 4. The Morgan fingerprint density at radius 1 is 1.21 bits per heavy atom. The maximum Gasteiger partial charge on any atom is 0.309 e. The Morgan fingerprint density at radius 3 is 2.61 bits per heavy atom. The Kier molecular flexibility index (Phi) is 6.40. The van der Waals surface area contributed by atoms with E-state index in [1.54, 1.807) is 0 Å². The molecule has 33 heavy (non-hydrogen) atoms. The van der Waals surface area contributed by atoms with Gasteiger partial charge >= 0.3 is 17.9 Å². The zero-order valence-electron chi connectivity index (χ0n) is 20.6. The van der Waals surface area contributed by atoms with Gasteiger partial charge in [0.1, 0.15) is 23.4 Å². The van der Waals surface area contributed by atoms with E-state index in [0.29, 0.717) is 32.1 Å². The summed E-state index contributed by atoms with van der Waals surface area (Å²) >= 11 is 0. The second-order valence-electron chi connectivity index (χ2n) is 11.0. The first-order valence-electron chi connectivity index (χ1n) is 12.4. The summed E-state index contributed by atoms with van der Waals surface area (Å²) in [7, 11) is 0. The summed E-state index contributed by atoms with van der Waals surface area (Å²) in [4.78, 5) is 37.5. The van der Waals surface area contributed by atoms with Crippen LogP contribution in [0, 0.1) is 23.7 Å². The van der Waals surface area contributed by atoms with Gasteiger partial charge in [-0.1, -0.05) is 20.4 Å². The molecular formula is C26H38O7. The summed E-state index contributed by atoms with van der Waals surface area (Å²) in [6.45, 7) is 13.5. The van der Waals surface area contributed by atoms with Gasteiger partial charge in [-0.2, -0.15) is 0 Å².